The van der Waals surface area contributed by atoms with Gasteiger partial charge in [0, 0.05) is 61.0 Å². The van der Waals surface area contributed by atoms with Crippen molar-refractivity contribution in [2.45, 2.75) is 32.6 Å². The van der Waals surface area contributed by atoms with Crippen molar-refractivity contribution in [3.05, 3.63) is 76.9 Å². The molecule has 0 bridgehead atoms. The minimum absolute atomic E-state index is 0.183. The summed E-state index contributed by atoms with van der Waals surface area (Å²) in [6.45, 7) is 8.13. The molecule has 0 aromatic heterocycles. The molecule has 3 aromatic rings. The molecule has 1 atom stereocenters. The van der Waals surface area contributed by atoms with Gasteiger partial charge in [0.1, 0.15) is 17.2 Å². The zero-order valence-electron chi connectivity index (χ0n) is 21.5. The number of fused-ring (bicyclic) bond motifs is 2. The molecule has 0 N–H and O–H groups in total. The number of carbonyl (C=O) groups is 1. The molecule has 0 aliphatic carbocycles. The van der Waals surface area contributed by atoms with Crippen LogP contribution in [0, 0.1) is 0 Å². The molecule has 6 heteroatoms. The predicted molar refractivity (Wildman–Crippen MR) is 143 cm³/mol. The number of ether oxygens (including phenoxy) is 3. The van der Waals surface area contributed by atoms with E-state index in [1.807, 2.05) is 30.3 Å². The highest BCUT2D eigenvalue weighted by molar-refractivity contribution is 5.92. The van der Waals surface area contributed by atoms with Gasteiger partial charge in [-0.25, -0.2) is 4.79 Å². The van der Waals surface area contributed by atoms with Gasteiger partial charge in [0.15, 0.2) is 0 Å². The second-order valence-corrected chi connectivity index (χ2v) is 9.26. The first kappa shape index (κ1) is 24.0. The molecular formula is C30H34N2O4. The van der Waals surface area contributed by atoms with Crippen LogP contribution in [-0.4, -0.2) is 46.4 Å². The van der Waals surface area contributed by atoms with Crippen molar-refractivity contribution in [1.82, 2.24) is 0 Å². The maximum Gasteiger partial charge on any atom is 0.338 e. The smallest absolute Gasteiger partial charge is 0.338 e. The van der Waals surface area contributed by atoms with Crippen LogP contribution in [0.2, 0.25) is 0 Å². The van der Waals surface area contributed by atoms with Gasteiger partial charge in [-0.05, 0) is 50.5 Å². The Kier molecular flexibility index (Phi) is 6.77. The van der Waals surface area contributed by atoms with Crippen LogP contribution < -0.4 is 19.3 Å². The first-order valence-electron chi connectivity index (χ1n) is 12.8. The van der Waals surface area contributed by atoms with Gasteiger partial charge < -0.3 is 24.0 Å². The first-order chi connectivity index (χ1) is 17.6. The Morgan fingerprint density at radius 3 is 2.36 bits per heavy atom. The number of anilines is 2. The average molecular weight is 487 g/mol. The van der Waals surface area contributed by atoms with E-state index < -0.39 is 0 Å². The van der Waals surface area contributed by atoms with E-state index in [4.69, 9.17) is 14.2 Å². The monoisotopic (exact) mass is 486 g/mol. The van der Waals surface area contributed by atoms with Crippen LogP contribution in [0.5, 0.6) is 17.2 Å². The van der Waals surface area contributed by atoms with E-state index in [9.17, 15) is 4.79 Å². The quantitative estimate of drug-likeness (QED) is 0.289. The summed E-state index contributed by atoms with van der Waals surface area (Å²) in [4.78, 5) is 17.5. The van der Waals surface area contributed by atoms with Crippen molar-refractivity contribution < 1.29 is 19.0 Å². The lowest BCUT2D eigenvalue weighted by molar-refractivity contribution is 0.0599. The lowest BCUT2D eigenvalue weighted by Gasteiger charge is -2.33. The third kappa shape index (κ3) is 4.15. The van der Waals surface area contributed by atoms with Crippen molar-refractivity contribution in [1.29, 1.82) is 0 Å². The fourth-order valence-corrected chi connectivity index (χ4v) is 5.55. The summed E-state index contributed by atoms with van der Waals surface area (Å²) in [5, 5.41) is 0. The van der Waals surface area contributed by atoms with Gasteiger partial charge >= 0.3 is 5.97 Å². The van der Waals surface area contributed by atoms with Crippen LogP contribution in [0.1, 0.15) is 59.7 Å². The van der Waals surface area contributed by atoms with Gasteiger partial charge in [-0.3, -0.25) is 0 Å². The fraction of sp³-hybridized carbons (Fsp3) is 0.367. The number of hydrogen-bond donors (Lipinski definition) is 0. The summed E-state index contributed by atoms with van der Waals surface area (Å²) in [5.74, 6) is 1.83. The summed E-state index contributed by atoms with van der Waals surface area (Å²) < 4.78 is 17.5. The molecule has 188 valence electrons. The Morgan fingerprint density at radius 1 is 0.944 bits per heavy atom. The lowest BCUT2D eigenvalue weighted by Crippen LogP contribution is -2.23. The standard InChI is InChI=1S/C30H34N2O4/c1-5-31(6-2)20-13-14-23-26(17-20)36-27-19-28(34-3)25(32-15-9-10-16-32)18-24(27)29(23)21-11-7-8-12-22(21)30(33)35-4/h7-8,11-14,17-19,29H,5-6,9-10,15-16H2,1-4H3. The molecule has 0 amide bonds. The Bertz CT molecular complexity index is 1260. The second kappa shape index (κ2) is 10.1. The van der Waals surface area contributed by atoms with Crippen molar-refractivity contribution >= 4 is 17.3 Å². The van der Waals surface area contributed by atoms with Crippen molar-refractivity contribution in [2.75, 3.05) is 50.2 Å². The van der Waals surface area contributed by atoms with Crippen molar-refractivity contribution in [2.24, 2.45) is 0 Å². The normalized spacial score (nSPS) is 16.1. The van der Waals surface area contributed by atoms with Crippen LogP contribution in [0.4, 0.5) is 11.4 Å². The third-order valence-corrected chi connectivity index (χ3v) is 7.40. The lowest BCUT2D eigenvalue weighted by atomic mass is 9.80. The Morgan fingerprint density at radius 2 is 1.67 bits per heavy atom. The number of carbonyl (C=O) groups excluding carboxylic acids is 1. The zero-order chi connectivity index (χ0) is 25.2. The van der Waals surface area contributed by atoms with Crippen LogP contribution in [0.15, 0.2) is 54.6 Å². The molecule has 6 nitrogen and oxygen atoms in total. The second-order valence-electron chi connectivity index (χ2n) is 9.26. The summed E-state index contributed by atoms with van der Waals surface area (Å²) in [6.07, 6.45) is 2.34. The molecule has 36 heavy (non-hydrogen) atoms. The van der Waals surface area contributed by atoms with Gasteiger partial charge in [0.05, 0.1) is 25.5 Å². The molecule has 2 aliphatic rings. The Labute approximate surface area is 213 Å². The minimum atomic E-state index is -0.340. The highest BCUT2D eigenvalue weighted by Gasteiger charge is 2.34. The Balaban J connectivity index is 1.73. The molecule has 0 spiro atoms. The van der Waals surface area contributed by atoms with E-state index in [-0.39, 0.29) is 11.9 Å². The number of hydrogen-bond acceptors (Lipinski definition) is 6. The maximum atomic E-state index is 12.8. The summed E-state index contributed by atoms with van der Waals surface area (Å²) >= 11 is 0. The highest BCUT2D eigenvalue weighted by atomic mass is 16.5. The van der Waals surface area contributed by atoms with Gasteiger partial charge in [0.25, 0.3) is 0 Å². The van der Waals surface area contributed by atoms with Crippen molar-refractivity contribution in [3.8, 4) is 17.2 Å². The average Bonchev–Trinajstić information content (AvgIpc) is 3.46. The minimum Gasteiger partial charge on any atom is -0.494 e. The molecular weight excluding hydrogens is 452 g/mol. The summed E-state index contributed by atoms with van der Waals surface area (Å²) in [6, 6.07) is 18.3. The van der Waals surface area contributed by atoms with E-state index >= 15 is 0 Å². The van der Waals surface area contributed by atoms with Crippen LogP contribution in [0.3, 0.4) is 0 Å². The molecule has 0 radical (unpaired) electrons. The molecule has 1 fully saturated rings. The van der Waals surface area contributed by atoms with Crippen LogP contribution in [-0.2, 0) is 4.74 Å². The molecule has 0 saturated carbocycles. The zero-order valence-corrected chi connectivity index (χ0v) is 21.5. The van der Waals surface area contributed by atoms with E-state index in [0.717, 1.165) is 71.5 Å². The van der Waals surface area contributed by atoms with Gasteiger partial charge in [0.2, 0.25) is 0 Å². The van der Waals surface area contributed by atoms with E-state index in [1.165, 1.54) is 20.0 Å². The van der Waals surface area contributed by atoms with E-state index in [2.05, 4.69) is 47.9 Å². The van der Waals surface area contributed by atoms with Gasteiger partial charge in [-0.1, -0.05) is 24.3 Å². The summed E-state index contributed by atoms with van der Waals surface area (Å²) in [7, 11) is 3.14. The Hall–Kier alpha value is -3.67. The largest absolute Gasteiger partial charge is 0.494 e. The first-order valence-corrected chi connectivity index (χ1v) is 12.8. The number of methoxy groups -OCH3 is 2. The maximum absolute atomic E-state index is 12.8. The predicted octanol–water partition coefficient (Wildman–Crippen LogP) is 6.21. The highest BCUT2D eigenvalue weighted by Crippen LogP contribution is 2.52. The topological polar surface area (TPSA) is 51.2 Å². The van der Waals surface area contributed by atoms with E-state index in [1.54, 1.807) is 7.11 Å². The van der Waals surface area contributed by atoms with Crippen LogP contribution in [0.25, 0.3) is 0 Å². The molecule has 1 saturated heterocycles. The fourth-order valence-electron chi connectivity index (χ4n) is 5.55. The number of esters is 1. The molecule has 2 heterocycles. The SMILES string of the molecule is CCN(CC)c1ccc2c(c1)Oc1cc(OC)c(N3CCCC3)cc1C2c1ccccc1C(=O)OC. The van der Waals surface area contributed by atoms with E-state index in [0.29, 0.717) is 5.56 Å². The molecule has 5 rings (SSSR count). The molecule has 3 aromatic carbocycles. The van der Waals surface area contributed by atoms with Gasteiger partial charge in [-0.2, -0.15) is 0 Å². The third-order valence-electron chi connectivity index (χ3n) is 7.40. The van der Waals surface area contributed by atoms with Crippen LogP contribution >= 0.6 is 0 Å². The van der Waals surface area contributed by atoms with Gasteiger partial charge in [-0.15, -0.1) is 0 Å². The molecule has 2 aliphatic heterocycles. The number of benzene rings is 3. The number of nitrogens with zero attached hydrogens (tertiary/aromatic N) is 2. The summed E-state index contributed by atoms with van der Waals surface area (Å²) in [5.41, 5.74) is 5.71. The molecule has 1 unspecified atom stereocenters. The van der Waals surface area contributed by atoms with Crippen molar-refractivity contribution in [3.63, 3.8) is 0 Å². The number of rotatable bonds is 7.